The number of benzene rings is 2. The maximum absolute atomic E-state index is 12.2. The summed E-state index contributed by atoms with van der Waals surface area (Å²) in [6.45, 7) is 3.40. The fourth-order valence-electron chi connectivity index (χ4n) is 3.32. The first-order valence-electron chi connectivity index (χ1n) is 9.04. The van der Waals surface area contributed by atoms with Crippen LogP contribution in [0.1, 0.15) is 0 Å². The number of ether oxygens (including phenoxy) is 1. The summed E-state index contributed by atoms with van der Waals surface area (Å²) in [7, 11) is 1.63. The van der Waals surface area contributed by atoms with Gasteiger partial charge < -0.3 is 14.5 Å². The number of H-pyrrole nitrogens is 1. The number of aromatic nitrogens is 2. The number of hydrogen-bond donors (Lipinski definition) is 1. The Morgan fingerprint density at radius 3 is 2.26 bits per heavy atom. The minimum absolute atomic E-state index is 0.142. The molecule has 1 fully saturated rings. The summed E-state index contributed by atoms with van der Waals surface area (Å²) < 4.78 is 5.19. The van der Waals surface area contributed by atoms with Gasteiger partial charge in [0.15, 0.2) is 0 Å². The fraction of sp³-hybridized carbons (Fsp3) is 0.238. The zero-order valence-electron chi connectivity index (χ0n) is 15.3. The number of para-hydroxylation sites is 1. The monoisotopic (exact) mass is 362 g/mol. The summed E-state index contributed by atoms with van der Waals surface area (Å²) in [6, 6.07) is 19.5. The van der Waals surface area contributed by atoms with Crippen molar-refractivity contribution in [3.05, 3.63) is 71.0 Å². The van der Waals surface area contributed by atoms with Gasteiger partial charge in [0.2, 0.25) is 5.95 Å². The standard InChI is InChI=1S/C21H22N4O2/c1-27-18-9-7-16(8-10-18)19-15-20(26)23-21(22-19)25-13-11-24(12-14-25)17-5-3-2-4-6-17/h2-10,15H,11-14H2,1H3,(H,22,23,26). The van der Waals surface area contributed by atoms with E-state index in [1.54, 1.807) is 7.11 Å². The van der Waals surface area contributed by atoms with E-state index in [4.69, 9.17) is 9.72 Å². The molecule has 2 aromatic carbocycles. The topological polar surface area (TPSA) is 61.5 Å². The Morgan fingerprint density at radius 1 is 0.926 bits per heavy atom. The highest BCUT2D eigenvalue weighted by molar-refractivity contribution is 5.61. The van der Waals surface area contributed by atoms with Crippen molar-refractivity contribution in [1.29, 1.82) is 0 Å². The molecule has 138 valence electrons. The highest BCUT2D eigenvalue weighted by Crippen LogP contribution is 2.22. The Balaban J connectivity index is 1.52. The van der Waals surface area contributed by atoms with Gasteiger partial charge in [-0.25, -0.2) is 4.98 Å². The first-order chi connectivity index (χ1) is 13.2. The number of rotatable bonds is 4. The van der Waals surface area contributed by atoms with Gasteiger partial charge in [-0.2, -0.15) is 0 Å². The molecule has 6 nitrogen and oxygen atoms in total. The van der Waals surface area contributed by atoms with Crippen LogP contribution in [-0.4, -0.2) is 43.3 Å². The Morgan fingerprint density at radius 2 is 1.59 bits per heavy atom. The smallest absolute Gasteiger partial charge is 0.252 e. The molecule has 1 N–H and O–H groups in total. The lowest BCUT2D eigenvalue weighted by molar-refractivity contribution is 0.415. The van der Waals surface area contributed by atoms with Crippen molar-refractivity contribution in [2.24, 2.45) is 0 Å². The van der Waals surface area contributed by atoms with Gasteiger partial charge in [0.1, 0.15) is 5.75 Å². The second-order valence-electron chi connectivity index (χ2n) is 6.49. The van der Waals surface area contributed by atoms with Crippen LogP contribution in [0.15, 0.2) is 65.5 Å². The average molecular weight is 362 g/mol. The van der Waals surface area contributed by atoms with E-state index in [0.29, 0.717) is 11.6 Å². The molecule has 2 heterocycles. The van der Waals surface area contributed by atoms with Crippen molar-refractivity contribution in [3.63, 3.8) is 0 Å². The minimum Gasteiger partial charge on any atom is -0.497 e. The molecule has 6 heteroatoms. The zero-order valence-corrected chi connectivity index (χ0v) is 15.3. The van der Waals surface area contributed by atoms with Crippen molar-refractivity contribution in [2.45, 2.75) is 0 Å². The van der Waals surface area contributed by atoms with E-state index in [1.807, 2.05) is 30.3 Å². The number of nitrogens with one attached hydrogen (secondary N) is 1. The molecule has 0 saturated carbocycles. The minimum atomic E-state index is -0.142. The Kier molecular flexibility index (Phi) is 4.78. The fourth-order valence-corrected chi connectivity index (χ4v) is 3.32. The van der Waals surface area contributed by atoms with Crippen LogP contribution >= 0.6 is 0 Å². The molecule has 3 aromatic rings. The van der Waals surface area contributed by atoms with Crippen LogP contribution in [-0.2, 0) is 0 Å². The molecule has 4 rings (SSSR count). The summed E-state index contributed by atoms with van der Waals surface area (Å²) in [6.07, 6.45) is 0. The van der Waals surface area contributed by atoms with E-state index in [9.17, 15) is 4.79 Å². The second kappa shape index (κ2) is 7.53. The second-order valence-corrected chi connectivity index (χ2v) is 6.49. The maximum atomic E-state index is 12.2. The van der Waals surface area contributed by atoms with Crippen LogP contribution in [0, 0.1) is 0 Å². The van der Waals surface area contributed by atoms with Gasteiger partial charge >= 0.3 is 0 Å². The SMILES string of the molecule is COc1ccc(-c2cc(=O)[nH]c(N3CCN(c4ccccc4)CC3)n2)cc1. The van der Waals surface area contributed by atoms with Gasteiger partial charge in [-0.3, -0.25) is 9.78 Å². The van der Waals surface area contributed by atoms with Crippen LogP contribution < -0.4 is 20.1 Å². The third-order valence-electron chi connectivity index (χ3n) is 4.82. The third-order valence-corrected chi connectivity index (χ3v) is 4.82. The van der Waals surface area contributed by atoms with Crippen LogP contribution in [0.25, 0.3) is 11.3 Å². The summed E-state index contributed by atoms with van der Waals surface area (Å²) >= 11 is 0. The molecule has 0 amide bonds. The van der Waals surface area contributed by atoms with Crippen LogP contribution in [0.2, 0.25) is 0 Å². The number of methoxy groups -OCH3 is 1. The van der Waals surface area contributed by atoms with Crippen molar-refractivity contribution < 1.29 is 4.74 Å². The van der Waals surface area contributed by atoms with Gasteiger partial charge in [0, 0.05) is 43.5 Å². The third kappa shape index (κ3) is 3.79. The predicted molar refractivity (Wildman–Crippen MR) is 108 cm³/mol. The average Bonchev–Trinajstić information content (AvgIpc) is 2.74. The van der Waals surface area contributed by atoms with Gasteiger partial charge in [-0.05, 0) is 36.4 Å². The van der Waals surface area contributed by atoms with E-state index < -0.39 is 0 Å². The lowest BCUT2D eigenvalue weighted by atomic mass is 10.1. The first kappa shape index (κ1) is 17.1. The highest BCUT2D eigenvalue weighted by Gasteiger charge is 2.19. The normalized spacial score (nSPS) is 14.3. The van der Waals surface area contributed by atoms with Gasteiger partial charge in [-0.1, -0.05) is 18.2 Å². The Hall–Kier alpha value is -3.28. The number of hydrogen-bond acceptors (Lipinski definition) is 5. The molecule has 27 heavy (non-hydrogen) atoms. The van der Waals surface area contributed by atoms with Crippen molar-refractivity contribution >= 4 is 11.6 Å². The van der Waals surface area contributed by atoms with Crippen LogP contribution in [0.5, 0.6) is 5.75 Å². The molecule has 0 bridgehead atoms. The number of piperazine rings is 1. The number of nitrogens with zero attached hydrogens (tertiary/aromatic N) is 3. The predicted octanol–water partition coefficient (Wildman–Crippen LogP) is 2.77. The number of anilines is 2. The van der Waals surface area contributed by atoms with Crippen LogP contribution in [0.4, 0.5) is 11.6 Å². The maximum Gasteiger partial charge on any atom is 0.252 e. The van der Waals surface area contributed by atoms with Crippen molar-refractivity contribution in [2.75, 3.05) is 43.1 Å². The molecule has 0 aliphatic carbocycles. The molecule has 1 aliphatic heterocycles. The molecular formula is C21H22N4O2. The van der Waals surface area contributed by atoms with Crippen LogP contribution in [0.3, 0.4) is 0 Å². The molecule has 1 aromatic heterocycles. The molecular weight excluding hydrogens is 340 g/mol. The highest BCUT2D eigenvalue weighted by atomic mass is 16.5. The van der Waals surface area contributed by atoms with Crippen molar-refractivity contribution in [3.8, 4) is 17.0 Å². The lowest BCUT2D eigenvalue weighted by Gasteiger charge is -2.36. The molecule has 0 radical (unpaired) electrons. The van der Waals surface area contributed by atoms with Crippen molar-refractivity contribution in [1.82, 2.24) is 9.97 Å². The lowest BCUT2D eigenvalue weighted by Crippen LogP contribution is -2.47. The number of aromatic amines is 1. The van der Waals surface area contributed by atoms with E-state index in [-0.39, 0.29) is 5.56 Å². The van der Waals surface area contributed by atoms with Gasteiger partial charge in [0.05, 0.1) is 12.8 Å². The largest absolute Gasteiger partial charge is 0.497 e. The van der Waals surface area contributed by atoms with Gasteiger partial charge in [0.25, 0.3) is 5.56 Å². The summed E-state index contributed by atoms with van der Waals surface area (Å²) in [5.74, 6) is 1.40. The Bertz CT molecular complexity index is 946. The first-order valence-corrected chi connectivity index (χ1v) is 9.04. The van der Waals surface area contributed by atoms with Gasteiger partial charge in [-0.15, -0.1) is 0 Å². The quantitative estimate of drug-likeness (QED) is 0.773. The molecule has 0 unspecified atom stereocenters. The molecule has 1 aliphatic rings. The van der Waals surface area contributed by atoms with E-state index in [2.05, 4.69) is 39.0 Å². The van der Waals surface area contributed by atoms with E-state index in [0.717, 1.165) is 37.5 Å². The van der Waals surface area contributed by atoms with E-state index in [1.165, 1.54) is 11.8 Å². The van der Waals surface area contributed by atoms with E-state index >= 15 is 0 Å². The summed E-state index contributed by atoms with van der Waals surface area (Å²) in [4.78, 5) is 24.2. The molecule has 1 saturated heterocycles. The summed E-state index contributed by atoms with van der Waals surface area (Å²) in [5.41, 5.74) is 2.65. The molecule has 0 spiro atoms. The molecule has 0 atom stereocenters. The summed E-state index contributed by atoms with van der Waals surface area (Å²) in [5, 5.41) is 0. The Labute approximate surface area is 158 Å². The zero-order chi connectivity index (χ0) is 18.6.